The molecule has 0 spiro atoms. The largest absolute Gasteiger partial charge is 0.480 e. The second-order valence-corrected chi connectivity index (χ2v) is 3.84. The summed E-state index contributed by atoms with van der Waals surface area (Å²) in [4.78, 5) is 32.8. The fourth-order valence-corrected chi connectivity index (χ4v) is 0.936. The summed E-state index contributed by atoms with van der Waals surface area (Å²) in [6, 6.07) is -0.981. The molecule has 0 heterocycles. The minimum absolute atomic E-state index is 0.349. The molecule has 0 aromatic rings. The van der Waals surface area contributed by atoms with Crippen molar-refractivity contribution in [1.82, 2.24) is 10.6 Å². The zero-order valence-electron chi connectivity index (χ0n) is 9.25. The van der Waals surface area contributed by atoms with Crippen LogP contribution in [0.25, 0.3) is 0 Å². The van der Waals surface area contributed by atoms with E-state index in [2.05, 4.69) is 10.6 Å². The van der Waals surface area contributed by atoms with Gasteiger partial charge in [0.2, 0.25) is 11.8 Å². The van der Waals surface area contributed by atoms with Crippen LogP contribution in [-0.4, -0.2) is 34.5 Å². The molecule has 0 aromatic carbocycles. The van der Waals surface area contributed by atoms with Gasteiger partial charge >= 0.3 is 5.97 Å². The Morgan fingerprint density at radius 3 is 2.07 bits per heavy atom. The van der Waals surface area contributed by atoms with Gasteiger partial charge in [-0.1, -0.05) is 0 Å². The summed E-state index contributed by atoms with van der Waals surface area (Å²) in [5.74, 6) is -2.01. The molecule has 0 rings (SSSR count). The Labute approximate surface area is 88.0 Å². The number of carbonyl (C=O) groups is 3. The monoisotopic (exact) mass is 216 g/mol. The number of carbonyl (C=O) groups excluding carboxylic acids is 2. The van der Waals surface area contributed by atoms with Gasteiger partial charge in [0.15, 0.2) is 0 Å². The predicted molar refractivity (Wildman–Crippen MR) is 53.1 cm³/mol. The van der Waals surface area contributed by atoms with Gasteiger partial charge in [0.1, 0.15) is 11.6 Å². The van der Waals surface area contributed by atoms with Crippen LogP contribution >= 0.6 is 0 Å². The summed E-state index contributed by atoms with van der Waals surface area (Å²) in [7, 11) is 0. The smallest absolute Gasteiger partial charge is 0.325 e. The highest BCUT2D eigenvalue weighted by Crippen LogP contribution is 2.02. The molecule has 0 fully saturated rings. The minimum atomic E-state index is -1.12. The molecule has 0 aliphatic heterocycles. The second-order valence-electron chi connectivity index (χ2n) is 3.84. The van der Waals surface area contributed by atoms with E-state index in [-0.39, 0.29) is 5.91 Å². The summed E-state index contributed by atoms with van der Waals surface area (Å²) in [5, 5.41) is 13.3. The highest BCUT2D eigenvalue weighted by atomic mass is 16.4. The van der Waals surface area contributed by atoms with Crippen molar-refractivity contribution in [3.05, 3.63) is 0 Å². The van der Waals surface area contributed by atoms with Crippen LogP contribution in [0.15, 0.2) is 0 Å². The Hall–Kier alpha value is -1.59. The number of amides is 2. The Morgan fingerprint density at radius 1 is 1.27 bits per heavy atom. The molecule has 1 atom stereocenters. The maximum Gasteiger partial charge on any atom is 0.325 e. The molecule has 0 aliphatic rings. The third kappa shape index (κ3) is 4.44. The normalized spacial score (nSPS) is 12.8. The van der Waals surface area contributed by atoms with Crippen LogP contribution in [0.2, 0.25) is 0 Å². The molecule has 0 aliphatic carbocycles. The predicted octanol–water partition coefficient (Wildman–Crippen LogP) is -0.510. The van der Waals surface area contributed by atoms with Crippen molar-refractivity contribution >= 4 is 17.8 Å². The lowest BCUT2D eigenvalue weighted by Crippen LogP contribution is -2.56. The molecule has 6 heteroatoms. The first-order chi connectivity index (χ1) is 6.66. The number of nitrogens with one attached hydrogen (secondary N) is 2. The zero-order valence-corrected chi connectivity index (χ0v) is 9.25. The Kier molecular flexibility index (Phi) is 4.26. The van der Waals surface area contributed by atoms with E-state index >= 15 is 0 Å². The Morgan fingerprint density at radius 2 is 1.73 bits per heavy atom. The molecule has 6 nitrogen and oxygen atoms in total. The lowest BCUT2D eigenvalue weighted by molar-refractivity contribution is -0.142. The van der Waals surface area contributed by atoms with Gasteiger partial charge in [0.25, 0.3) is 0 Å². The molecule has 15 heavy (non-hydrogen) atoms. The summed E-state index contributed by atoms with van der Waals surface area (Å²) in [5.41, 5.74) is -1.12. The third-order valence-electron chi connectivity index (χ3n) is 1.77. The van der Waals surface area contributed by atoms with Crippen LogP contribution in [0.1, 0.15) is 27.7 Å². The molecule has 0 saturated heterocycles. The maximum absolute atomic E-state index is 11.5. The first-order valence-corrected chi connectivity index (χ1v) is 4.49. The number of carboxylic acids is 1. The zero-order chi connectivity index (χ0) is 12.2. The van der Waals surface area contributed by atoms with E-state index < -0.39 is 23.5 Å². The second kappa shape index (κ2) is 4.77. The quantitative estimate of drug-likeness (QED) is 0.589. The number of carboxylic acid groups (broad SMARTS) is 1. The van der Waals surface area contributed by atoms with Crippen molar-refractivity contribution in [1.29, 1.82) is 0 Å². The highest BCUT2D eigenvalue weighted by molar-refractivity contribution is 5.92. The van der Waals surface area contributed by atoms with E-state index in [1.807, 2.05) is 0 Å². The fraction of sp³-hybridized carbons (Fsp3) is 0.667. The lowest BCUT2D eigenvalue weighted by Gasteiger charge is -2.25. The van der Waals surface area contributed by atoms with Crippen molar-refractivity contribution in [2.24, 2.45) is 0 Å². The van der Waals surface area contributed by atoms with Crippen LogP contribution in [0.3, 0.4) is 0 Å². The van der Waals surface area contributed by atoms with Gasteiger partial charge in [-0.25, -0.2) is 0 Å². The summed E-state index contributed by atoms with van der Waals surface area (Å²) in [6.07, 6.45) is 0. The molecular formula is C9H16N2O4. The topological polar surface area (TPSA) is 95.5 Å². The summed E-state index contributed by atoms with van der Waals surface area (Å²) >= 11 is 0. The van der Waals surface area contributed by atoms with Gasteiger partial charge in [0.05, 0.1) is 0 Å². The highest BCUT2D eigenvalue weighted by Gasteiger charge is 2.30. The molecule has 3 N–H and O–H groups in total. The van der Waals surface area contributed by atoms with Gasteiger partial charge < -0.3 is 15.7 Å². The van der Waals surface area contributed by atoms with Gasteiger partial charge in [-0.05, 0) is 20.8 Å². The lowest BCUT2D eigenvalue weighted by atomic mass is 10.0. The van der Waals surface area contributed by atoms with Gasteiger partial charge in [0, 0.05) is 6.92 Å². The average Bonchev–Trinajstić information content (AvgIpc) is 2.01. The first kappa shape index (κ1) is 13.4. The number of rotatable bonds is 4. The van der Waals surface area contributed by atoms with Crippen molar-refractivity contribution < 1.29 is 19.5 Å². The van der Waals surface area contributed by atoms with E-state index in [1.165, 1.54) is 27.7 Å². The average molecular weight is 216 g/mol. The van der Waals surface area contributed by atoms with E-state index in [0.717, 1.165) is 0 Å². The Balaban J connectivity index is 4.43. The van der Waals surface area contributed by atoms with Crippen molar-refractivity contribution in [2.75, 3.05) is 0 Å². The van der Waals surface area contributed by atoms with Crippen molar-refractivity contribution in [3.63, 3.8) is 0 Å². The van der Waals surface area contributed by atoms with Crippen molar-refractivity contribution in [2.45, 2.75) is 39.3 Å². The standard InChI is InChI=1S/C9H16N2O4/c1-5(7(13)14)10-8(15)9(3,4)11-6(2)12/h5H,1-4H3,(H,10,15)(H,11,12)(H,13,14)/t5-/m0/s1. The van der Waals surface area contributed by atoms with Crippen LogP contribution < -0.4 is 10.6 Å². The first-order valence-electron chi connectivity index (χ1n) is 4.49. The molecule has 0 radical (unpaired) electrons. The summed E-state index contributed by atoms with van der Waals surface area (Å²) < 4.78 is 0. The minimum Gasteiger partial charge on any atom is -0.480 e. The number of aliphatic carboxylic acids is 1. The van der Waals surface area contributed by atoms with E-state index in [9.17, 15) is 14.4 Å². The molecule has 0 saturated carbocycles. The molecule has 86 valence electrons. The van der Waals surface area contributed by atoms with E-state index in [4.69, 9.17) is 5.11 Å². The van der Waals surface area contributed by atoms with Crippen LogP contribution in [-0.2, 0) is 14.4 Å². The fourth-order valence-electron chi connectivity index (χ4n) is 0.936. The maximum atomic E-state index is 11.5. The molecule has 2 amide bonds. The number of hydrogen-bond donors (Lipinski definition) is 3. The van der Waals surface area contributed by atoms with E-state index in [0.29, 0.717) is 0 Å². The number of hydrogen-bond acceptors (Lipinski definition) is 3. The third-order valence-corrected chi connectivity index (χ3v) is 1.77. The Bertz CT molecular complexity index is 286. The van der Waals surface area contributed by atoms with E-state index in [1.54, 1.807) is 0 Å². The van der Waals surface area contributed by atoms with Gasteiger partial charge in [-0.2, -0.15) is 0 Å². The van der Waals surface area contributed by atoms with Crippen LogP contribution in [0, 0.1) is 0 Å². The SMILES string of the molecule is CC(=O)NC(C)(C)C(=O)N[C@@H](C)C(=O)O. The molecular weight excluding hydrogens is 200 g/mol. The molecule has 0 aromatic heterocycles. The van der Waals surface area contributed by atoms with Gasteiger partial charge in [-0.3, -0.25) is 14.4 Å². The van der Waals surface area contributed by atoms with Crippen LogP contribution in [0.4, 0.5) is 0 Å². The molecule has 0 unspecified atom stereocenters. The van der Waals surface area contributed by atoms with Gasteiger partial charge in [-0.15, -0.1) is 0 Å². The van der Waals surface area contributed by atoms with Crippen LogP contribution in [0.5, 0.6) is 0 Å². The molecule has 0 bridgehead atoms. The van der Waals surface area contributed by atoms with Crippen molar-refractivity contribution in [3.8, 4) is 0 Å². The summed E-state index contributed by atoms with van der Waals surface area (Å²) in [6.45, 7) is 5.64.